The molecule has 0 aliphatic carbocycles. The van der Waals surface area contributed by atoms with Crippen molar-refractivity contribution in [3.63, 3.8) is 0 Å². The number of hydrogen-bond donors (Lipinski definition) is 0. The molecule has 0 saturated carbocycles. The van der Waals surface area contributed by atoms with Crippen LogP contribution in [0.3, 0.4) is 0 Å². The Kier molecular flexibility index (Phi) is 2.76. The lowest BCUT2D eigenvalue weighted by atomic mass is 10.6. The van der Waals surface area contributed by atoms with Gasteiger partial charge in [-0.2, -0.15) is 0 Å². The molecule has 0 N–H and O–H groups in total. The van der Waals surface area contributed by atoms with Gasteiger partial charge in [-0.1, -0.05) is 11.2 Å². The maximum atomic E-state index is 9.96. The van der Waals surface area contributed by atoms with Gasteiger partial charge in [0.05, 0.1) is 0 Å². The summed E-state index contributed by atoms with van der Waals surface area (Å²) < 4.78 is 0. The average Bonchev–Trinajstić information content (AvgIpc) is 1.68. The minimum atomic E-state index is -1.33. The molecule has 1 radical (unpaired) electrons. The number of azide groups is 1. The van der Waals surface area contributed by atoms with Crippen molar-refractivity contribution in [2.24, 2.45) is 5.11 Å². The first kappa shape index (κ1) is 6.01. The van der Waals surface area contributed by atoms with Gasteiger partial charge in [0.2, 0.25) is 0 Å². The lowest BCUT2D eigenvalue weighted by Crippen LogP contribution is -1.88. The molecule has 0 bridgehead atoms. The van der Waals surface area contributed by atoms with E-state index in [1.807, 2.05) is 0 Å². The van der Waals surface area contributed by atoms with Crippen molar-refractivity contribution in [3.05, 3.63) is 23.1 Å². The maximum Gasteiger partial charge on any atom is 0.189 e. The molecule has 0 aliphatic rings. The summed E-state index contributed by atoms with van der Waals surface area (Å²) in [6.45, 7) is 3.10. The summed E-state index contributed by atoms with van der Waals surface area (Å²) in [5, 5.41) is 12.7. The van der Waals surface area contributed by atoms with E-state index in [0.29, 0.717) is 0 Å². The molecule has 0 fully saturated rings. The van der Waals surface area contributed by atoms with Crippen molar-refractivity contribution in [3.8, 4) is 0 Å². The molecule has 0 saturated heterocycles. The van der Waals surface area contributed by atoms with Gasteiger partial charge in [-0.3, -0.25) is 0 Å². The molecule has 0 heterocycles. The fraction of sp³-hybridized carbons (Fsp3) is 0.333. The summed E-state index contributed by atoms with van der Waals surface area (Å²) in [6, 6.07) is 0. The summed E-state index contributed by atoms with van der Waals surface area (Å²) in [5.41, 5.74) is 7.58. The van der Waals surface area contributed by atoms with Crippen molar-refractivity contribution in [2.75, 3.05) is 0 Å². The summed E-state index contributed by atoms with van der Waals surface area (Å²) in [5.74, 6) is 0. The van der Waals surface area contributed by atoms with E-state index in [4.69, 9.17) is 5.53 Å². The van der Waals surface area contributed by atoms with Crippen LogP contribution in [0.1, 0.15) is 0 Å². The highest BCUT2D eigenvalue weighted by molar-refractivity contribution is 4.74. The molecular weight excluding hydrogens is 94.1 g/mol. The molecule has 0 aliphatic heterocycles. The second kappa shape index (κ2) is 3.21. The van der Waals surface area contributed by atoms with Crippen LogP contribution in [0.2, 0.25) is 0 Å². The van der Waals surface area contributed by atoms with Crippen LogP contribution in [-0.4, -0.2) is 6.23 Å². The molecule has 4 nitrogen and oxygen atoms in total. The first-order chi connectivity index (χ1) is 3.31. The van der Waals surface area contributed by atoms with Crippen LogP contribution in [0.25, 0.3) is 10.4 Å². The van der Waals surface area contributed by atoms with Gasteiger partial charge in [0.15, 0.2) is 6.23 Å². The van der Waals surface area contributed by atoms with Crippen molar-refractivity contribution < 1.29 is 5.11 Å². The fourth-order valence-corrected chi connectivity index (χ4v) is 0.0980. The zero-order valence-electron chi connectivity index (χ0n) is 3.61. The Bertz CT molecular complexity index is 105. The third-order valence-electron chi connectivity index (χ3n) is 0.367. The predicted octanol–water partition coefficient (Wildman–Crippen LogP) is 1.24. The van der Waals surface area contributed by atoms with Crippen LogP contribution in [0.4, 0.5) is 0 Å². The second-order valence-corrected chi connectivity index (χ2v) is 0.831. The molecule has 1 unspecified atom stereocenters. The number of hydrogen-bond acceptors (Lipinski definition) is 1. The molecule has 0 aromatic heterocycles. The van der Waals surface area contributed by atoms with Crippen LogP contribution in [0.5, 0.6) is 0 Å². The number of rotatable bonds is 2. The Morgan fingerprint density at radius 2 is 2.57 bits per heavy atom. The predicted molar refractivity (Wildman–Crippen MR) is 23.8 cm³/mol. The maximum absolute atomic E-state index is 9.96. The molecule has 7 heavy (non-hydrogen) atoms. The lowest BCUT2D eigenvalue weighted by Gasteiger charge is -1.81. The van der Waals surface area contributed by atoms with E-state index in [1.54, 1.807) is 0 Å². The molecule has 1 atom stereocenters. The normalized spacial score (nSPS) is 11.6. The van der Waals surface area contributed by atoms with Gasteiger partial charge in [-0.25, -0.2) is 5.11 Å². The van der Waals surface area contributed by atoms with Gasteiger partial charge in [0.1, 0.15) is 0 Å². The Morgan fingerprint density at radius 3 is 2.71 bits per heavy atom. The van der Waals surface area contributed by atoms with E-state index in [0.717, 1.165) is 6.08 Å². The molecular formula is C3H4N3O. The fourth-order valence-electron chi connectivity index (χ4n) is 0.0980. The van der Waals surface area contributed by atoms with E-state index >= 15 is 0 Å². The zero-order chi connectivity index (χ0) is 5.70. The minimum Gasteiger partial charge on any atom is -0.222 e. The summed E-state index contributed by atoms with van der Waals surface area (Å²) >= 11 is 0. The van der Waals surface area contributed by atoms with Gasteiger partial charge >= 0.3 is 0 Å². The van der Waals surface area contributed by atoms with Gasteiger partial charge < -0.3 is 0 Å². The van der Waals surface area contributed by atoms with E-state index in [2.05, 4.69) is 16.6 Å². The van der Waals surface area contributed by atoms with Crippen molar-refractivity contribution in [1.82, 2.24) is 0 Å². The van der Waals surface area contributed by atoms with Gasteiger partial charge in [-0.15, -0.1) is 6.58 Å². The molecule has 37 valence electrons. The van der Waals surface area contributed by atoms with Crippen LogP contribution >= 0.6 is 0 Å². The van der Waals surface area contributed by atoms with E-state index < -0.39 is 6.23 Å². The first-order valence-corrected chi connectivity index (χ1v) is 1.64. The highest BCUT2D eigenvalue weighted by Gasteiger charge is 1.88. The van der Waals surface area contributed by atoms with Crippen LogP contribution in [0, 0.1) is 0 Å². The van der Waals surface area contributed by atoms with Crippen molar-refractivity contribution in [2.45, 2.75) is 6.23 Å². The molecule has 0 amide bonds. The summed E-state index contributed by atoms with van der Waals surface area (Å²) in [4.78, 5) is 2.25. The van der Waals surface area contributed by atoms with Gasteiger partial charge in [0, 0.05) is 4.91 Å². The van der Waals surface area contributed by atoms with E-state index in [-0.39, 0.29) is 0 Å². The molecule has 0 spiro atoms. The smallest absolute Gasteiger partial charge is 0.189 e. The minimum absolute atomic E-state index is 1.03. The topological polar surface area (TPSA) is 68.7 Å². The molecule has 4 heteroatoms. The Morgan fingerprint density at radius 1 is 2.00 bits per heavy atom. The monoisotopic (exact) mass is 98.0 g/mol. The first-order valence-electron chi connectivity index (χ1n) is 1.64. The molecule has 0 rings (SSSR count). The van der Waals surface area contributed by atoms with Gasteiger partial charge in [0.25, 0.3) is 0 Å². The molecule has 0 aromatic rings. The average molecular weight is 98.1 g/mol. The van der Waals surface area contributed by atoms with Crippen molar-refractivity contribution >= 4 is 0 Å². The summed E-state index contributed by atoms with van der Waals surface area (Å²) in [7, 11) is 0. The van der Waals surface area contributed by atoms with E-state index in [1.165, 1.54) is 0 Å². The molecule has 0 aromatic carbocycles. The van der Waals surface area contributed by atoms with E-state index in [9.17, 15) is 5.11 Å². The standard InChI is InChI=1S/C3H4N3O/c1-2-3(7)5-6-4/h2-3H,1H2. The Labute approximate surface area is 40.7 Å². The van der Waals surface area contributed by atoms with Crippen LogP contribution in [0.15, 0.2) is 17.8 Å². The lowest BCUT2D eigenvalue weighted by molar-refractivity contribution is 0.136. The van der Waals surface area contributed by atoms with Gasteiger partial charge in [-0.05, 0) is 5.53 Å². The third kappa shape index (κ3) is 2.82. The highest BCUT2D eigenvalue weighted by atomic mass is 16.3. The third-order valence-corrected chi connectivity index (χ3v) is 0.367. The quantitative estimate of drug-likeness (QED) is 0.216. The largest absolute Gasteiger partial charge is 0.222 e. The van der Waals surface area contributed by atoms with Crippen LogP contribution in [-0.2, 0) is 5.11 Å². The SMILES string of the molecule is C=CC([O])N=[N+]=[N-]. The zero-order valence-corrected chi connectivity index (χ0v) is 3.61. The Balaban J connectivity index is 3.56. The highest BCUT2D eigenvalue weighted by Crippen LogP contribution is 1.84. The van der Waals surface area contributed by atoms with Crippen LogP contribution < -0.4 is 0 Å². The Hall–Kier alpha value is -0.990. The second-order valence-electron chi connectivity index (χ2n) is 0.831. The number of nitrogens with zero attached hydrogens (tertiary/aromatic N) is 3. The van der Waals surface area contributed by atoms with Crippen molar-refractivity contribution in [1.29, 1.82) is 0 Å². The summed E-state index contributed by atoms with van der Waals surface area (Å²) in [6.07, 6.45) is -0.301.